The molecule has 1 N–H and O–H groups in total. The second-order valence-electron chi connectivity index (χ2n) is 4.84. The fraction of sp³-hybridized carbons (Fsp3) is 0.538. The molecule has 0 aromatic heterocycles. The fourth-order valence-corrected chi connectivity index (χ4v) is 2.22. The third-order valence-corrected chi connectivity index (χ3v) is 3.30. The second-order valence-corrected chi connectivity index (χ2v) is 4.84. The number of alkyl halides is 3. The Bertz CT molecular complexity index is 445. The van der Waals surface area contributed by atoms with Gasteiger partial charge in [-0.2, -0.15) is 13.2 Å². The van der Waals surface area contributed by atoms with Crippen LogP contribution in [-0.4, -0.2) is 32.4 Å². The lowest BCUT2D eigenvalue weighted by Gasteiger charge is -2.27. The van der Waals surface area contributed by atoms with Crippen LogP contribution in [0.3, 0.4) is 0 Å². The minimum Gasteiger partial charge on any atom is -0.367 e. The molecule has 2 nitrogen and oxygen atoms in total. The molecule has 1 unspecified atom stereocenters. The van der Waals surface area contributed by atoms with Crippen molar-refractivity contribution in [2.75, 3.05) is 31.1 Å². The normalized spacial score (nSPS) is 21.3. The molecule has 1 heterocycles. The third kappa shape index (κ3) is 3.37. The molecule has 0 amide bonds. The number of anilines is 1. The van der Waals surface area contributed by atoms with Gasteiger partial charge in [-0.05, 0) is 24.6 Å². The van der Waals surface area contributed by atoms with Gasteiger partial charge in [0.15, 0.2) is 0 Å². The Hall–Kier alpha value is -1.30. The quantitative estimate of drug-likeness (QED) is 0.793. The topological polar surface area (TPSA) is 15.3 Å². The summed E-state index contributed by atoms with van der Waals surface area (Å²) in [5, 5.41) is 2.75. The lowest BCUT2D eigenvalue weighted by molar-refractivity contribution is -0.169. The first kappa shape index (κ1) is 14.1. The molecule has 0 aliphatic carbocycles. The standard InChI is InChI=1S/C13H16F4N2/c1-9-2-3-12(11(14)6-9)19-5-4-18-7-10(8-19)13(15,16)17/h2-3,6,10,18H,4-5,7-8H2,1H3. The number of benzene rings is 1. The fourth-order valence-electron chi connectivity index (χ4n) is 2.22. The van der Waals surface area contributed by atoms with Gasteiger partial charge in [0.2, 0.25) is 0 Å². The van der Waals surface area contributed by atoms with Crippen LogP contribution in [0.25, 0.3) is 0 Å². The van der Waals surface area contributed by atoms with Gasteiger partial charge in [0.05, 0.1) is 11.6 Å². The second kappa shape index (κ2) is 5.36. The summed E-state index contributed by atoms with van der Waals surface area (Å²) in [5.74, 6) is -1.95. The summed E-state index contributed by atoms with van der Waals surface area (Å²) >= 11 is 0. The van der Waals surface area contributed by atoms with Crippen molar-refractivity contribution < 1.29 is 17.6 Å². The molecule has 1 fully saturated rings. The van der Waals surface area contributed by atoms with E-state index in [9.17, 15) is 17.6 Å². The molecule has 1 atom stereocenters. The monoisotopic (exact) mass is 276 g/mol. The highest BCUT2D eigenvalue weighted by atomic mass is 19.4. The van der Waals surface area contributed by atoms with E-state index >= 15 is 0 Å². The Kier molecular flexibility index (Phi) is 3.99. The van der Waals surface area contributed by atoms with E-state index < -0.39 is 17.9 Å². The van der Waals surface area contributed by atoms with Gasteiger partial charge in [-0.3, -0.25) is 0 Å². The van der Waals surface area contributed by atoms with Crippen molar-refractivity contribution in [2.45, 2.75) is 13.1 Å². The lowest BCUT2D eigenvalue weighted by atomic mass is 10.1. The summed E-state index contributed by atoms with van der Waals surface area (Å²) in [4.78, 5) is 1.47. The smallest absolute Gasteiger partial charge is 0.367 e. The molecule has 1 aromatic rings. The molecule has 6 heteroatoms. The zero-order valence-corrected chi connectivity index (χ0v) is 10.6. The van der Waals surface area contributed by atoms with Crippen LogP contribution >= 0.6 is 0 Å². The summed E-state index contributed by atoms with van der Waals surface area (Å²) in [6, 6.07) is 4.60. The zero-order chi connectivity index (χ0) is 14.0. The van der Waals surface area contributed by atoms with E-state index in [1.807, 2.05) is 0 Å². The highest BCUT2D eigenvalue weighted by molar-refractivity contribution is 5.49. The third-order valence-electron chi connectivity index (χ3n) is 3.30. The molecule has 0 radical (unpaired) electrons. The van der Waals surface area contributed by atoms with E-state index in [0.717, 1.165) is 5.56 Å². The molecular formula is C13H16F4N2. The zero-order valence-electron chi connectivity index (χ0n) is 10.6. The summed E-state index contributed by atoms with van der Waals surface area (Å²) in [5.41, 5.74) is 0.991. The molecule has 1 aromatic carbocycles. The van der Waals surface area contributed by atoms with Crippen molar-refractivity contribution in [3.05, 3.63) is 29.6 Å². The molecule has 1 aliphatic rings. The van der Waals surface area contributed by atoms with E-state index in [1.165, 1.54) is 11.0 Å². The van der Waals surface area contributed by atoms with Crippen molar-refractivity contribution in [3.63, 3.8) is 0 Å². The highest BCUT2D eigenvalue weighted by Gasteiger charge is 2.41. The van der Waals surface area contributed by atoms with Gasteiger partial charge in [-0.25, -0.2) is 4.39 Å². The van der Waals surface area contributed by atoms with Crippen LogP contribution in [0.15, 0.2) is 18.2 Å². The Morgan fingerprint density at radius 1 is 1.32 bits per heavy atom. The SMILES string of the molecule is Cc1ccc(N2CCNCC(C(F)(F)F)C2)c(F)c1. The summed E-state index contributed by atoms with van der Waals surface area (Å²) in [7, 11) is 0. The number of nitrogens with zero attached hydrogens (tertiary/aromatic N) is 1. The van der Waals surface area contributed by atoms with Gasteiger partial charge in [0.1, 0.15) is 5.82 Å². The first-order valence-corrected chi connectivity index (χ1v) is 6.16. The minimum absolute atomic E-state index is 0.118. The van der Waals surface area contributed by atoms with E-state index in [1.54, 1.807) is 19.1 Å². The number of halogens is 4. The van der Waals surface area contributed by atoms with Crippen LogP contribution in [0, 0.1) is 18.7 Å². The number of nitrogens with one attached hydrogen (secondary N) is 1. The molecule has 1 aliphatic heterocycles. The summed E-state index contributed by atoms with van der Waals surface area (Å²) < 4.78 is 52.3. The van der Waals surface area contributed by atoms with Gasteiger partial charge >= 0.3 is 6.18 Å². The average Bonchev–Trinajstić information content (AvgIpc) is 2.54. The van der Waals surface area contributed by atoms with Gasteiger partial charge in [0, 0.05) is 26.2 Å². The maximum atomic E-state index is 13.8. The van der Waals surface area contributed by atoms with Gasteiger partial charge in [0.25, 0.3) is 0 Å². The first-order chi connectivity index (χ1) is 8.88. The van der Waals surface area contributed by atoms with Crippen LogP contribution < -0.4 is 10.2 Å². The van der Waals surface area contributed by atoms with Crippen LogP contribution in [0.5, 0.6) is 0 Å². The number of aryl methyl sites for hydroxylation is 1. The predicted molar refractivity (Wildman–Crippen MR) is 65.8 cm³/mol. The minimum atomic E-state index is -4.27. The average molecular weight is 276 g/mol. The van der Waals surface area contributed by atoms with E-state index in [-0.39, 0.29) is 18.8 Å². The van der Waals surface area contributed by atoms with Crippen LogP contribution in [0.1, 0.15) is 5.56 Å². The number of hydrogen-bond donors (Lipinski definition) is 1. The van der Waals surface area contributed by atoms with E-state index in [0.29, 0.717) is 13.1 Å². The molecule has 106 valence electrons. The largest absolute Gasteiger partial charge is 0.394 e. The lowest BCUT2D eigenvalue weighted by Crippen LogP contribution is -2.38. The van der Waals surface area contributed by atoms with Crippen LogP contribution in [0.2, 0.25) is 0 Å². The van der Waals surface area contributed by atoms with E-state index in [4.69, 9.17) is 0 Å². The van der Waals surface area contributed by atoms with Gasteiger partial charge in [-0.15, -0.1) is 0 Å². The van der Waals surface area contributed by atoms with Crippen LogP contribution in [-0.2, 0) is 0 Å². The Labute approximate surface area is 109 Å². The Morgan fingerprint density at radius 3 is 2.68 bits per heavy atom. The Morgan fingerprint density at radius 2 is 2.05 bits per heavy atom. The van der Waals surface area contributed by atoms with E-state index in [2.05, 4.69) is 5.32 Å². The summed E-state index contributed by atoms with van der Waals surface area (Å²) in [6.45, 7) is 2.20. The molecule has 0 bridgehead atoms. The Balaban J connectivity index is 2.22. The molecule has 1 saturated heterocycles. The van der Waals surface area contributed by atoms with Crippen molar-refractivity contribution in [2.24, 2.45) is 5.92 Å². The first-order valence-electron chi connectivity index (χ1n) is 6.16. The van der Waals surface area contributed by atoms with Crippen molar-refractivity contribution in [1.82, 2.24) is 5.32 Å². The predicted octanol–water partition coefficient (Wildman–Crippen LogP) is 2.72. The molecule has 0 spiro atoms. The molecule has 2 rings (SSSR count). The maximum absolute atomic E-state index is 13.8. The van der Waals surface area contributed by atoms with Crippen LogP contribution in [0.4, 0.5) is 23.2 Å². The van der Waals surface area contributed by atoms with Crippen molar-refractivity contribution in [3.8, 4) is 0 Å². The van der Waals surface area contributed by atoms with Crippen molar-refractivity contribution >= 4 is 5.69 Å². The number of rotatable bonds is 1. The summed E-state index contributed by atoms with van der Waals surface area (Å²) in [6.07, 6.45) is -4.27. The maximum Gasteiger partial charge on any atom is 0.394 e. The van der Waals surface area contributed by atoms with Crippen molar-refractivity contribution in [1.29, 1.82) is 0 Å². The highest BCUT2D eigenvalue weighted by Crippen LogP contribution is 2.30. The van der Waals surface area contributed by atoms with Gasteiger partial charge < -0.3 is 10.2 Å². The molecule has 19 heavy (non-hydrogen) atoms. The van der Waals surface area contributed by atoms with Gasteiger partial charge in [-0.1, -0.05) is 6.07 Å². The molecule has 0 saturated carbocycles. The molecular weight excluding hydrogens is 260 g/mol. The number of hydrogen-bond acceptors (Lipinski definition) is 2.